The maximum atomic E-state index is 14.0. The average Bonchev–Trinajstić information content (AvgIpc) is 3.29. The van der Waals surface area contributed by atoms with Gasteiger partial charge in [-0.3, -0.25) is 4.79 Å². The molecule has 0 bridgehead atoms. The quantitative estimate of drug-likeness (QED) is 0.271. The minimum atomic E-state index is -4.33. The van der Waals surface area contributed by atoms with E-state index >= 15 is 0 Å². The number of carbonyl (C=O) groups excluding carboxylic acids is 1. The van der Waals surface area contributed by atoms with Crippen molar-refractivity contribution < 1.29 is 31.0 Å². The van der Waals surface area contributed by atoms with Crippen LogP contribution in [0, 0.1) is 11.6 Å². The van der Waals surface area contributed by atoms with E-state index in [9.17, 15) is 27.1 Å². The fraction of sp³-hybridized carbons (Fsp3) is 0.600. The van der Waals surface area contributed by atoms with Crippen molar-refractivity contribution >= 4 is 27.5 Å². The standard InChI is InChI=1S/C25H38F2N4O4S2/c1-5-9-31(10-6-2,37(34,35)30-24(33)7-3)22(13-18-11-19(26)14-20(27)12-18)23(32)17-28-15-21-16-29-25(8-4)36-21/h11-12,14,16,22-23,28,32H,5-10,13,15,17H2,1-4H3/p+1. The molecule has 37 heavy (non-hydrogen) atoms. The van der Waals surface area contributed by atoms with Gasteiger partial charge in [0.15, 0.2) is 0 Å². The van der Waals surface area contributed by atoms with E-state index in [2.05, 4.69) is 15.0 Å². The van der Waals surface area contributed by atoms with Crippen molar-refractivity contribution in [1.82, 2.24) is 15.0 Å². The molecule has 2 aromatic rings. The minimum absolute atomic E-state index is 0.0318. The molecule has 0 spiro atoms. The number of rotatable bonds is 16. The summed E-state index contributed by atoms with van der Waals surface area (Å²) in [7, 11) is -4.33. The van der Waals surface area contributed by atoms with Crippen molar-refractivity contribution in [2.24, 2.45) is 0 Å². The highest BCUT2D eigenvalue weighted by molar-refractivity contribution is 7.84. The number of carbonyl (C=O) groups is 1. The summed E-state index contributed by atoms with van der Waals surface area (Å²) in [6.45, 7) is 7.87. The van der Waals surface area contributed by atoms with E-state index in [0.29, 0.717) is 19.4 Å². The van der Waals surface area contributed by atoms with Crippen LogP contribution in [0.15, 0.2) is 24.4 Å². The van der Waals surface area contributed by atoms with Crippen molar-refractivity contribution in [3.63, 3.8) is 0 Å². The Balaban J connectivity index is 2.49. The number of benzene rings is 1. The predicted octanol–water partition coefficient (Wildman–Crippen LogP) is 3.45. The van der Waals surface area contributed by atoms with Crippen LogP contribution >= 0.6 is 11.3 Å². The molecule has 1 heterocycles. The van der Waals surface area contributed by atoms with Gasteiger partial charge < -0.3 is 10.4 Å². The zero-order valence-electron chi connectivity index (χ0n) is 22.0. The second-order valence-electron chi connectivity index (χ2n) is 9.07. The van der Waals surface area contributed by atoms with Crippen molar-refractivity contribution in [2.45, 2.75) is 78.5 Å². The topological polar surface area (TPSA) is 108 Å². The van der Waals surface area contributed by atoms with Gasteiger partial charge in [0.25, 0.3) is 0 Å². The van der Waals surface area contributed by atoms with Gasteiger partial charge in [-0.1, -0.05) is 27.7 Å². The number of quaternary nitrogens is 1. The Morgan fingerprint density at radius 2 is 1.73 bits per heavy atom. The van der Waals surface area contributed by atoms with E-state index in [0.717, 1.165) is 34.5 Å². The molecule has 208 valence electrons. The van der Waals surface area contributed by atoms with Gasteiger partial charge in [0.05, 0.1) is 18.1 Å². The number of halogens is 2. The number of nitrogens with zero attached hydrogens (tertiary/aromatic N) is 2. The van der Waals surface area contributed by atoms with Crippen LogP contribution in [0.1, 0.15) is 62.4 Å². The Labute approximate surface area is 222 Å². The lowest BCUT2D eigenvalue weighted by molar-refractivity contribution is -0.838. The molecule has 2 unspecified atom stereocenters. The Hall–Kier alpha value is -1.99. The number of hydrogen-bond donors (Lipinski definition) is 3. The molecule has 1 aromatic heterocycles. The smallest absolute Gasteiger partial charge is 0.386 e. The number of aryl methyl sites for hydroxylation is 1. The van der Waals surface area contributed by atoms with Crippen molar-refractivity contribution in [3.8, 4) is 0 Å². The molecule has 2 rings (SSSR count). The van der Waals surface area contributed by atoms with E-state index in [1.54, 1.807) is 24.5 Å². The molecule has 0 aliphatic rings. The van der Waals surface area contributed by atoms with Gasteiger partial charge in [-0.05, 0) is 37.0 Å². The van der Waals surface area contributed by atoms with E-state index < -0.39 is 43.8 Å². The first-order chi connectivity index (χ1) is 17.5. The molecule has 0 aliphatic heterocycles. The predicted molar refractivity (Wildman–Crippen MR) is 141 cm³/mol. The van der Waals surface area contributed by atoms with E-state index in [1.165, 1.54) is 0 Å². The van der Waals surface area contributed by atoms with E-state index in [4.69, 9.17) is 0 Å². The van der Waals surface area contributed by atoms with Crippen molar-refractivity contribution in [1.29, 1.82) is 0 Å². The van der Waals surface area contributed by atoms with Crippen LogP contribution in [0.4, 0.5) is 8.78 Å². The fourth-order valence-corrected chi connectivity index (χ4v) is 7.45. The van der Waals surface area contributed by atoms with Crippen molar-refractivity contribution in [2.75, 3.05) is 19.6 Å². The largest absolute Gasteiger partial charge is 0.396 e. The summed E-state index contributed by atoms with van der Waals surface area (Å²) in [5.41, 5.74) is 0.225. The van der Waals surface area contributed by atoms with Crippen LogP contribution in [0.25, 0.3) is 0 Å². The number of nitrogens with one attached hydrogen (secondary N) is 2. The van der Waals surface area contributed by atoms with Crippen LogP contribution in [-0.4, -0.2) is 60.1 Å². The maximum absolute atomic E-state index is 14.0. The van der Waals surface area contributed by atoms with E-state index in [-0.39, 0.29) is 38.0 Å². The van der Waals surface area contributed by atoms with Gasteiger partial charge >= 0.3 is 10.2 Å². The molecule has 2 atom stereocenters. The van der Waals surface area contributed by atoms with Crippen LogP contribution < -0.4 is 10.0 Å². The van der Waals surface area contributed by atoms with Gasteiger partial charge in [-0.2, -0.15) is 12.3 Å². The number of amides is 1. The number of hydrogen-bond acceptors (Lipinski definition) is 7. The van der Waals surface area contributed by atoms with Crippen LogP contribution in [0.3, 0.4) is 0 Å². The monoisotopic (exact) mass is 561 g/mol. The van der Waals surface area contributed by atoms with Gasteiger partial charge in [-0.15, -0.1) is 11.3 Å². The summed E-state index contributed by atoms with van der Waals surface area (Å²) in [6, 6.07) is 2.02. The molecule has 8 nitrogen and oxygen atoms in total. The fourth-order valence-electron chi connectivity index (χ4n) is 4.58. The average molecular weight is 562 g/mol. The third kappa shape index (κ3) is 8.25. The number of aliphatic hydroxyl groups excluding tert-OH is 1. The zero-order valence-corrected chi connectivity index (χ0v) is 23.6. The first-order valence-corrected chi connectivity index (χ1v) is 15.0. The lowest BCUT2D eigenvalue weighted by Crippen LogP contribution is -2.68. The minimum Gasteiger partial charge on any atom is -0.386 e. The summed E-state index contributed by atoms with van der Waals surface area (Å²) < 4.78 is 57.1. The summed E-state index contributed by atoms with van der Waals surface area (Å²) in [5.74, 6) is -2.23. The molecule has 0 saturated heterocycles. The molecule has 0 saturated carbocycles. The highest BCUT2D eigenvalue weighted by Crippen LogP contribution is 2.28. The second kappa shape index (κ2) is 14.2. The number of aliphatic hydroxyl groups is 1. The molecule has 0 fully saturated rings. The molecule has 12 heteroatoms. The summed E-state index contributed by atoms with van der Waals surface area (Å²) >= 11 is 1.55. The Morgan fingerprint density at radius 3 is 2.24 bits per heavy atom. The van der Waals surface area contributed by atoms with Crippen molar-refractivity contribution in [3.05, 3.63) is 51.5 Å². The Kier molecular flexibility index (Phi) is 12.0. The molecule has 1 amide bonds. The third-order valence-electron chi connectivity index (χ3n) is 6.22. The van der Waals surface area contributed by atoms with Gasteiger partial charge in [0.1, 0.15) is 23.8 Å². The van der Waals surface area contributed by atoms with Gasteiger partial charge in [0.2, 0.25) is 5.91 Å². The maximum Gasteiger partial charge on any atom is 0.396 e. The highest BCUT2D eigenvalue weighted by atomic mass is 32.2. The Morgan fingerprint density at radius 1 is 1.11 bits per heavy atom. The van der Waals surface area contributed by atoms with Crippen LogP contribution in [0.5, 0.6) is 0 Å². The molecule has 0 aliphatic carbocycles. The lowest BCUT2D eigenvalue weighted by atomic mass is 9.98. The van der Waals surface area contributed by atoms with E-state index in [1.807, 2.05) is 20.8 Å². The second-order valence-corrected chi connectivity index (χ2v) is 12.2. The number of thiazole rings is 1. The summed E-state index contributed by atoms with van der Waals surface area (Å²) in [5, 5.41) is 15.6. The highest BCUT2D eigenvalue weighted by Gasteiger charge is 2.51. The SMILES string of the molecule is CCC[N+](CCC)(C(Cc1cc(F)cc(F)c1)C(O)CNCc1cnc(CC)s1)S(=O)(=O)NC(=O)CC. The molecule has 0 radical (unpaired) electrons. The molecular formula is C25H39F2N4O4S2+. The Bertz CT molecular complexity index is 1100. The first kappa shape index (κ1) is 31.2. The molecule has 1 aromatic carbocycles. The first-order valence-electron chi connectivity index (χ1n) is 12.7. The molecular weight excluding hydrogens is 522 g/mol. The summed E-state index contributed by atoms with van der Waals surface area (Å²) in [4.78, 5) is 17.5. The third-order valence-corrected chi connectivity index (χ3v) is 9.44. The molecule has 3 N–H and O–H groups in total. The van der Waals surface area contributed by atoms with Crippen LogP contribution in [-0.2, 0) is 34.4 Å². The van der Waals surface area contributed by atoms with Crippen LogP contribution in [0.2, 0.25) is 0 Å². The number of aromatic nitrogens is 1. The van der Waals surface area contributed by atoms with Gasteiger partial charge in [-0.25, -0.2) is 18.5 Å². The lowest BCUT2D eigenvalue weighted by Gasteiger charge is -2.44. The zero-order chi connectivity index (χ0) is 27.6. The normalized spacial score (nSPS) is 13.9. The summed E-state index contributed by atoms with van der Waals surface area (Å²) in [6.07, 6.45) is 2.10. The van der Waals surface area contributed by atoms with Gasteiger partial charge in [0, 0.05) is 43.1 Å².